The average molecular weight is 323 g/mol. The standard InChI is InChI=1S/C16H21NO4S/c18-16(19)12-4-7-14(8-5-12)17-22(20,21)15-9-6-11-2-1-3-13(11)10-15/h6,9-10,12,14,17H,1-5,7-8H2,(H,18,19). The van der Waals surface area contributed by atoms with Crippen LogP contribution in [0.25, 0.3) is 0 Å². The van der Waals surface area contributed by atoms with Gasteiger partial charge >= 0.3 is 5.97 Å². The summed E-state index contributed by atoms with van der Waals surface area (Å²) in [6, 6.07) is 5.22. The predicted octanol–water partition coefficient (Wildman–Crippen LogP) is 2.10. The van der Waals surface area contributed by atoms with E-state index in [-0.39, 0.29) is 12.0 Å². The van der Waals surface area contributed by atoms with Gasteiger partial charge < -0.3 is 5.11 Å². The van der Waals surface area contributed by atoms with Crippen molar-refractivity contribution in [1.82, 2.24) is 4.72 Å². The van der Waals surface area contributed by atoms with Gasteiger partial charge in [-0.2, -0.15) is 0 Å². The largest absolute Gasteiger partial charge is 0.481 e. The van der Waals surface area contributed by atoms with Crippen molar-refractivity contribution in [3.05, 3.63) is 29.3 Å². The number of sulfonamides is 1. The average Bonchev–Trinajstić information content (AvgIpc) is 2.94. The lowest BCUT2D eigenvalue weighted by Gasteiger charge is -2.26. The molecule has 0 amide bonds. The molecule has 2 aliphatic rings. The molecule has 0 aliphatic heterocycles. The van der Waals surface area contributed by atoms with Crippen LogP contribution in [0, 0.1) is 5.92 Å². The maximum Gasteiger partial charge on any atom is 0.306 e. The molecule has 2 aliphatic carbocycles. The fourth-order valence-electron chi connectivity index (χ4n) is 3.46. The second kappa shape index (κ2) is 6.01. The van der Waals surface area contributed by atoms with Gasteiger partial charge in [-0.15, -0.1) is 0 Å². The topological polar surface area (TPSA) is 83.5 Å². The maximum absolute atomic E-state index is 12.5. The Morgan fingerprint density at radius 3 is 2.45 bits per heavy atom. The zero-order chi connectivity index (χ0) is 15.7. The first-order chi connectivity index (χ1) is 10.5. The molecule has 5 nitrogen and oxygen atoms in total. The summed E-state index contributed by atoms with van der Waals surface area (Å²) in [6.45, 7) is 0. The van der Waals surface area contributed by atoms with Gasteiger partial charge in [-0.3, -0.25) is 4.79 Å². The number of carboxylic acid groups (broad SMARTS) is 1. The summed E-state index contributed by atoms with van der Waals surface area (Å²) in [6.07, 6.45) is 5.30. The Morgan fingerprint density at radius 1 is 1.09 bits per heavy atom. The van der Waals surface area contributed by atoms with Crippen molar-refractivity contribution < 1.29 is 18.3 Å². The molecule has 22 heavy (non-hydrogen) atoms. The molecule has 120 valence electrons. The number of benzene rings is 1. The number of carboxylic acids is 1. The summed E-state index contributed by atoms with van der Waals surface area (Å²) < 4.78 is 27.7. The molecule has 1 fully saturated rings. The van der Waals surface area contributed by atoms with Gasteiger partial charge in [-0.05, 0) is 68.2 Å². The van der Waals surface area contributed by atoms with Gasteiger partial charge in [0.25, 0.3) is 0 Å². The van der Waals surface area contributed by atoms with E-state index in [4.69, 9.17) is 5.11 Å². The quantitative estimate of drug-likeness (QED) is 0.889. The Morgan fingerprint density at radius 2 is 1.77 bits per heavy atom. The Bertz CT molecular complexity index is 675. The predicted molar refractivity (Wildman–Crippen MR) is 82.2 cm³/mol. The van der Waals surface area contributed by atoms with Gasteiger partial charge in [-0.1, -0.05) is 6.07 Å². The Kier molecular flexibility index (Phi) is 4.23. The summed E-state index contributed by atoms with van der Waals surface area (Å²) in [7, 11) is -3.52. The fraction of sp³-hybridized carbons (Fsp3) is 0.562. The molecule has 0 heterocycles. The van der Waals surface area contributed by atoms with E-state index in [0.717, 1.165) is 24.8 Å². The minimum atomic E-state index is -3.52. The normalized spacial score (nSPS) is 24.9. The number of hydrogen-bond acceptors (Lipinski definition) is 3. The summed E-state index contributed by atoms with van der Waals surface area (Å²) in [5, 5.41) is 8.99. The van der Waals surface area contributed by atoms with Crippen molar-refractivity contribution in [3.8, 4) is 0 Å². The SMILES string of the molecule is O=C(O)C1CCC(NS(=O)(=O)c2ccc3c(c2)CCC3)CC1. The smallest absolute Gasteiger partial charge is 0.306 e. The minimum Gasteiger partial charge on any atom is -0.481 e. The molecule has 6 heteroatoms. The summed E-state index contributed by atoms with van der Waals surface area (Å²) in [5.41, 5.74) is 2.39. The molecule has 2 N–H and O–H groups in total. The Labute approximate surface area is 130 Å². The molecule has 3 rings (SSSR count). The molecule has 0 atom stereocenters. The van der Waals surface area contributed by atoms with Gasteiger partial charge in [0.15, 0.2) is 0 Å². The molecule has 0 radical (unpaired) electrons. The number of rotatable bonds is 4. The third kappa shape index (κ3) is 3.17. The third-order valence-electron chi connectivity index (χ3n) is 4.78. The summed E-state index contributed by atoms with van der Waals surface area (Å²) in [5.74, 6) is -1.11. The number of carbonyl (C=O) groups is 1. The molecule has 0 spiro atoms. The van der Waals surface area contributed by atoms with Gasteiger partial charge in [0.1, 0.15) is 0 Å². The van der Waals surface area contributed by atoms with Crippen LogP contribution in [0.15, 0.2) is 23.1 Å². The van der Waals surface area contributed by atoms with Crippen LogP contribution in [0.1, 0.15) is 43.2 Å². The van der Waals surface area contributed by atoms with E-state index in [1.807, 2.05) is 6.07 Å². The Balaban J connectivity index is 1.68. The highest BCUT2D eigenvalue weighted by atomic mass is 32.2. The second-order valence-corrected chi connectivity index (χ2v) is 8.01. The van der Waals surface area contributed by atoms with Crippen LogP contribution in [-0.4, -0.2) is 25.5 Å². The van der Waals surface area contributed by atoms with Crippen molar-refractivity contribution in [2.45, 2.75) is 55.9 Å². The van der Waals surface area contributed by atoms with E-state index in [1.165, 1.54) is 5.56 Å². The number of aryl methyl sites for hydroxylation is 2. The van der Waals surface area contributed by atoms with Crippen molar-refractivity contribution >= 4 is 16.0 Å². The van der Waals surface area contributed by atoms with E-state index < -0.39 is 16.0 Å². The number of nitrogens with one attached hydrogen (secondary N) is 1. The van der Waals surface area contributed by atoms with E-state index in [0.29, 0.717) is 30.6 Å². The van der Waals surface area contributed by atoms with Crippen LogP contribution >= 0.6 is 0 Å². The monoisotopic (exact) mass is 323 g/mol. The van der Waals surface area contributed by atoms with E-state index in [1.54, 1.807) is 12.1 Å². The van der Waals surface area contributed by atoms with Crippen molar-refractivity contribution in [1.29, 1.82) is 0 Å². The third-order valence-corrected chi connectivity index (χ3v) is 6.30. The van der Waals surface area contributed by atoms with E-state index in [9.17, 15) is 13.2 Å². The van der Waals surface area contributed by atoms with Crippen LogP contribution in [0.4, 0.5) is 0 Å². The first-order valence-electron chi connectivity index (χ1n) is 7.82. The van der Waals surface area contributed by atoms with E-state index in [2.05, 4.69) is 4.72 Å². The lowest BCUT2D eigenvalue weighted by molar-refractivity contribution is -0.142. The fourth-order valence-corrected chi connectivity index (χ4v) is 4.82. The first-order valence-corrected chi connectivity index (χ1v) is 9.31. The van der Waals surface area contributed by atoms with Crippen molar-refractivity contribution in [2.24, 2.45) is 5.92 Å². The van der Waals surface area contributed by atoms with Crippen LogP contribution in [-0.2, 0) is 27.7 Å². The minimum absolute atomic E-state index is 0.158. The van der Waals surface area contributed by atoms with E-state index >= 15 is 0 Å². The van der Waals surface area contributed by atoms with Crippen LogP contribution in [0.2, 0.25) is 0 Å². The highest BCUT2D eigenvalue weighted by Crippen LogP contribution is 2.27. The Hall–Kier alpha value is -1.40. The summed E-state index contributed by atoms with van der Waals surface area (Å²) >= 11 is 0. The molecular weight excluding hydrogens is 302 g/mol. The molecule has 0 saturated heterocycles. The molecule has 1 aromatic carbocycles. The van der Waals surface area contributed by atoms with Crippen molar-refractivity contribution in [2.75, 3.05) is 0 Å². The molecule has 0 unspecified atom stereocenters. The highest BCUT2D eigenvalue weighted by Gasteiger charge is 2.29. The van der Waals surface area contributed by atoms with Crippen LogP contribution in [0.5, 0.6) is 0 Å². The van der Waals surface area contributed by atoms with Gasteiger partial charge in [-0.25, -0.2) is 13.1 Å². The summed E-state index contributed by atoms with van der Waals surface area (Å²) in [4.78, 5) is 11.3. The first kappa shape index (κ1) is 15.5. The van der Waals surface area contributed by atoms with Gasteiger partial charge in [0.05, 0.1) is 10.8 Å². The second-order valence-electron chi connectivity index (χ2n) is 6.29. The zero-order valence-electron chi connectivity index (χ0n) is 12.4. The molecule has 0 bridgehead atoms. The van der Waals surface area contributed by atoms with Crippen molar-refractivity contribution in [3.63, 3.8) is 0 Å². The van der Waals surface area contributed by atoms with Crippen LogP contribution in [0.3, 0.4) is 0 Å². The molecule has 1 saturated carbocycles. The van der Waals surface area contributed by atoms with Gasteiger partial charge in [0.2, 0.25) is 10.0 Å². The molecular formula is C16H21NO4S. The van der Waals surface area contributed by atoms with Gasteiger partial charge in [0, 0.05) is 6.04 Å². The highest BCUT2D eigenvalue weighted by molar-refractivity contribution is 7.89. The number of fused-ring (bicyclic) bond motifs is 1. The maximum atomic E-state index is 12.5. The lowest BCUT2D eigenvalue weighted by atomic mass is 9.87. The number of aliphatic carboxylic acids is 1. The molecule has 0 aromatic heterocycles. The zero-order valence-corrected chi connectivity index (χ0v) is 13.2. The molecule has 1 aromatic rings. The number of hydrogen-bond donors (Lipinski definition) is 2. The lowest BCUT2D eigenvalue weighted by Crippen LogP contribution is -2.38. The van der Waals surface area contributed by atoms with Crippen LogP contribution < -0.4 is 4.72 Å².